The van der Waals surface area contributed by atoms with Gasteiger partial charge in [-0.15, -0.1) is 0 Å². The highest BCUT2D eigenvalue weighted by Crippen LogP contribution is 2.38. The van der Waals surface area contributed by atoms with E-state index < -0.39 is 107 Å². The van der Waals surface area contributed by atoms with Crippen molar-refractivity contribution in [2.45, 2.75) is 152 Å². The van der Waals surface area contributed by atoms with Gasteiger partial charge >= 0.3 is 18.2 Å². The number of alkyl halides is 3. The summed E-state index contributed by atoms with van der Waals surface area (Å²) in [4.78, 5) is 103. The van der Waals surface area contributed by atoms with Gasteiger partial charge in [-0.05, 0) is 101 Å². The van der Waals surface area contributed by atoms with Gasteiger partial charge < -0.3 is 39.7 Å². The molecule has 1 saturated heterocycles. The number of nitrogens with one attached hydrogen (secondary N) is 2. The predicted octanol–water partition coefficient (Wildman–Crippen LogP) is 6.30. The minimum Gasteiger partial charge on any atom is -0.460 e. The molecule has 2 saturated carbocycles. The molecular formula is C49H65F5N6O9. The van der Waals surface area contributed by atoms with Gasteiger partial charge in [-0.3, -0.25) is 28.8 Å². The van der Waals surface area contributed by atoms with Gasteiger partial charge in [-0.2, -0.15) is 13.2 Å². The number of hydrogen-bond donors (Lipinski definition) is 2. The fourth-order valence-electron chi connectivity index (χ4n) is 9.72. The molecule has 0 bridgehead atoms. The highest BCUT2D eigenvalue weighted by Gasteiger charge is 2.51. The molecular weight excluding hydrogens is 912 g/mol. The number of likely N-dealkylation sites (tertiary alicyclic amines) is 1. The standard InChI is InChI=1S/C49H65F5N6O9/c1-47(2,3)69-38(61)28-37(43(64)57(4)5)58(6)44(65)40(32-18-11-12-19-32)59(7)45(66)48(23-13-14-24-48)56-41(62)36-20-15-25-60(36)42(63)35(55-46(67)68-29-30-16-9-8-10-17-30)22-21-31-26-33(50)39(34(51)27-31)49(52,53)54/h8-10,16-17,26-27,32,35-37,40H,11-15,18-25,28-29H2,1-7H3,(H,55,67)(H,56,62)/t35-,36-,37-,40-/m0/s1. The van der Waals surface area contributed by atoms with Crippen LogP contribution in [0, 0.1) is 17.6 Å². The first-order valence-electron chi connectivity index (χ1n) is 23.5. The number of carbonyl (C=O) groups is 7. The van der Waals surface area contributed by atoms with Crippen LogP contribution in [0.15, 0.2) is 42.5 Å². The minimum absolute atomic E-state index is 0.0409. The van der Waals surface area contributed by atoms with E-state index >= 15 is 0 Å². The second-order valence-corrected chi connectivity index (χ2v) is 19.6. The van der Waals surface area contributed by atoms with Crippen molar-refractivity contribution in [1.82, 2.24) is 30.2 Å². The molecule has 2 aromatic carbocycles. The molecule has 380 valence electrons. The van der Waals surface area contributed by atoms with Crippen molar-refractivity contribution in [1.29, 1.82) is 0 Å². The molecule has 0 radical (unpaired) electrons. The molecule has 2 N–H and O–H groups in total. The zero-order valence-electron chi connectivity index (χ0n) is 40.4. The molecule has 4 atom stereocenters. The van der Waals surface area contributed by atoms with E-state index in [9.17, 15) is 55.5 Å². The van der Waals surface area contributed by atoms with E-state index in [-0.39, 0.29) is 56.7 Å². The lowest BCUT2D eigenvalue weighted by atomic mass is 9.90. The number of halogens is 5. The van der Waals surface area contributed by atoms with E-state index in [2.05, 4.69) is 10.6 Å². The Morgan fingerprint density at radius 1 is 0.812 bits per heavy atom. The lowest BCUT2D eigenvalue weighted by Crippen LogP contribution is -2.65. The third-order valence-electron chi connectivity index (χ3n) is 13.1. The van der Waals surface area contributed by atoms with E-state index in [4.69, 9.17) is 9.47 Å². The van der Waals surface area contributed by atoms with Crippen molar-refractivity contribution in [2.75, 3.05) is 34.7 Å². The minimum atomic E-state index is -5.30. The highest BCUT2D eigenvalue weighted by molar-refractivity contribution is 5.99. The summed E-state index contributed by atoms with van der Waals surface area (Å²) >= 11 is 0. The zero-order chi connectivity index (χ0) is 51.0. The van der Waals surface area contributed by atoms with Crippen molar-refractivity contribution in [2.24, 2.45) is 5.92 Å². The van der Waals surface area contributed by atoms with Gasteiger partial charge in [0.05, 0.1) is 6.42 Å². The van der Waals surface area contributed by atoms with Crippen LogP contribution in [0.5, 0.6) is 0 Å². The number of ether oxygens (including phenoxy) is 2. The van der Waals surface area contributed by atoms with Crippen molar-refractivity contribution >= 4 is 41.6 Å². The number of rotatable bonds is 17. The monoisotopic (exact) mass is 976 g/mol. The van der Waals surface area contributed by atoms with Gasteiger partial charge in [0, 0.05) is 34.7 Å². The number of aryl methyl sites for hydroxylation is 1. The summed E-state index contributed by atoms with van der Waals surface area (Å²) in [5.41, 5.74) is -4.02. The average Bonchev–Trinajstić information content (AvgIpc) is 4.08. The average molecular weight is 977 g/mol. The number of benzene rings is 2. The van der Waals surface area contributed by atoms with Gasteiger partial charge in [0.15, 0.2) is 0 Å². The van der Waals surface area contributed by atoms with E-state index in [1.165, 1.54) is 47.8 Å². The van der Waals surface area contributed by atoms with Crippen LogP contribution in [-0.2, 0) is 57.4 Å². The van der Waals surface area contributed by atoms with Gasteiger partial charge in [-0.25, -0.2) is 13.6 Å². The molecule has 1 aliphatic heterocycles. The maximum absolute atomic E-state index is 15.0. The predicted molar refractivity (Wildman–Crippen MR) is 242 cm³/mol. The molecule has 1 heterocycles. The number of carbonyl (C=O) groups excluding carboxylic acids is 7. The SMILES string of the molecule is CN(C)C(=O)[C@H](CC(=O)OC(C)(C)C)N(C)C(=O)[C@H](C1CCCC1)N(C)C(=O)C1(NC(=O)[C@@H]2CCCN2C(=O)[C@H](CCc2cc(F)c(C(F)(F)F)c(F)c2)NC(=O)OCc2ccccc2)CCCC1. The maximum Gasteiger partial charge on any atom is 0.422 e. The number of likely N-dealkylation sites (N-methyl/N-ethyl adjacent to an activating group) is 3. The first-order valence-corrected chi connectivity index (χ1v) is 23.5. The van der Waals surface area contributed by atoms with E-state index in [1.807, 2.05) is 0 Å². The second kappa shape index (κ2) is 22.7. The normalized spacial score (nSPS) is 18.4. The second-order valence-electron chi connectivity index (χ2n) is 19.6. The van der Waals surface area contributed by atoms with Crippen molar-refractivity contribution in [3.05, 3.63) is 70.8 Å². The van der Waals surface area contributed by atoms with Gasteiger partial charge in [0.1, 0.15) is 59.1 Å². The smallest absolute Gasteiger partial charge is 0.422 e. The Bertz CT molecular complexity index is 2170. The molecule has 6 amide bonds. The lowest BCUT2D eigenvalue weighted by Gasteiger charge is -2.41. The van der Waals surface area contributed by atoms with Crippen molar-refractivity contribution in [3.63, 3.8) is 0 Å². The summed E-state index contributed by atoms with van der Waals surface area (Å²) in [6, 6.07) is 4.67. The Morgan fingerprint density at radius 3 is 1.99 bits per heavy atom. The van der Waals surface area contributed by atoms with Crippen LogP contribution in [0.25, 0.3) is 0 Å². The molecule has 2 aliphatic carbocycles. The van der Waals surface area contributed by atoms with Crippen LogP contribution >= 0.6 is 0 Å². The van der Waals surface area contributed by atoms with Gasteiger partial charge in [-0.1, -0.05) is 56.0 Å². The van der Waals surface area contributed by atoms with Crippen molar-refractivity contribution in [3.8, 4) is 0 Å². The van der Waals surface area contributed by atoms with E-state index in [0.29, 0.717) is 49.8 Å². The lowest BCUT2D eigenvalue weighted by molar-refractivity contribution is -0.161. The number of esters is 1. The molecule has 20 heteroatoms. The van der Waals surface area contributed by atoms with E-state index in [1.54, 1.807) is 51.1 Å². The molecule has 69 heavy (non-hydrogen) atoms. The third-order valence-corrected chi connectivity index (χ3v) is 13.1. The Balaban J connectivity index is 1.38. The molecule has 0 unspecified atom stereocenters. The van der Waals surface area contributed by atoms with Crippen LogP contribution in [0.3, 0.4) is 0 Å². The van der Waals surface area contributed by atoms with Crippen molar-refractivity contribution < 1.29 is 65.0 Å². The summed E-state index contributed by atoms with van der Waals surface area (Å²) < 4.78 is 80.0. The number of nitrogens with zero attached hydrogens (tertiary/aromatic N) is 4. The van der Waals surface area contributed by atoms with Gasteiger partial charge in [0.25, 0.3) is 0 Å². The summed E-state index contributed by atoms with van der Waals surface area (Å²) in [5.74, 6) is -7.75. The molecule has 5 rings (SSSR count). The Labute approximate surface area is 399 Å². The van der Waals surface area contributed by atoms with Crippen LogP contribution < -0.4 is 10.6 Å². The van der Waals surface area contributed by atoms with Crippen LogP contribution in [0.1, 0.15) is 115 Å². The fraction of sp³-hybridized carbons (Fsp3) is 0.612. The molecule has 15 nitrogen and oxygen atoms in total. The summed E-state index contributed by atoms with van der Waals surface area (Å²) in [6.45, 7) is 4.91. The molecule has 0 aromatic heterocycles. The third kappa shape index (κ3) is 13.7. The molecule has 3 aliphatic rings. The maximum atomic E-state index is 15.0. The number of alkyl carbamates (subject to hydrolysis) is 1. The fourth-order valence-corrected chi connectivity index (χ4v) is 9.72. The topological polar surface area (TPSA) is 175 Å². The molecule has 0 spiro atoms. The van der Waals surface area contributed by atoms with Crippen LogP contribution in [-0.4, -0.2) is 131 Å². The molecule has 3 fully saturated rings. The Kier molecular flexibility index (Phi) is 17.8. The number of hydrogen-bond acceptors (Lipinski definition) is 9. The summed E-state index contributed by atoms with van der Waals surface area (Å²) in [5, 5.41) is 5.44. The Morgan fingerprint density at radius 2 is 1.42 bits per heavy atom. The summed E-state index contributed by atoms with van der Waals surface area (Å²) in [6.07, 6.45) is -2.67. The van der Waals surface area contributed by atoms with Gasteiger partial charge in [0.2, 0.25) is 29.5 Å². The van der Waals surface area contributed by atoms with Crippen LogP contribution in [0.2, 0.25) is 0 Å². The first kappa shape index (κ1) is 54.1. The Hall–Kier alpha value is -5.82. The highest BCUT2D eigenvalue weighted by atomic mass is 19.4. The zero-order valence-corrected chi connectivity index (χ0v) is 40.4. The number of amides is 6. The van der Waals surface area contributed by atoms with E-state index in [0.717, 1.165) is 12.8 Å². The quantitative estimate of drug-likeness (QED) is 0.136. The largest absolute Gasteiger partial charge is 0.460 e. The molecule has 2 aromatic rings. The summed E-state index contributed by atoms with van der Waals surface area (Å²) in [7, 11) is 5.92. The first-order chi connectivity index (χ1) is 32.3. The van der Waals surface area contributed by atoms with Crippen LogP contribution in [0.4, 0.5) is 26.7 Å².